The summed E-state index contributed by atoms with van der Waals surface area (Å²) in [5.41, 5.74) is 0.0600. The topological polar surface area (TPSA) is 89.3 Å². The van der Waals surface area contributed by atoms with Crippen LogP contribution in [-0.2, 0) is 18.0 Å². The van der Waals surface area contributed by atoms with Crippen LogP contribution in [0.25, 0.3) is 22.0 Å². The highest BCUT2D eigenvalue weighted by atomic mass is 19.4. The number of pyridine rings is 1. The minimum Gasteiger partial charge on any atom is -0.391 e. The highest BCUT2D eigenvalue weighted by Crippen LogP contribution is 2.33. The third-order valence-electron chi connectivity index (χ3n) is 5.11. The minimum atomic E-state index is -4.44. The highest BCUT2D eigenvalue weighted by Gasteiger charge is 2.30. The summed E-state index contributed by atoms with van der Waals surface area (Å²) in [5, 5.41) is 13.4. The van der Waals surface area contributed by atoms with Gasteiger partial charge in [0.2, 0.25) is 0 Å². The van der Waals surface area contributed by atoms with Gasteiger partial charge in [-0.2, -0.15) is 13.2 Å². The van der Waals surface area contributed by atoms with E-state index in [1.54, 1.807) is 7.05 Å². The monoisotopic (exact) mass is 420 g/mol. The third-order valence-corrected chi connectivity index (χ3v) is 5.11. The van der Waals surface area contributed by atoms with Gasteiger partial charge in [0.1, 0.15) is 11.2 Å². The van der Waals surface area contributed by atoms with Crippen LogP contribution >= 0.6 is 0 Å². The number of nitrogens with zero attached hydrogens (tertiary/aromatic N) is 3. The Morgan fingerprint density at radius 1 is 1.23 bits per heavy atom. The van der Waals surface area contributed by atoms with Crippen LogP contribution in [0.15, 0.2) is 41.6 Å². The maximum atomic E-state index is 12.9. The molecule has 2 aromatic heterocycles. The first-order chi connectivity index (χ1) is 14.3. The third kappa shape index (κ3) is 3.75. The van der Waals surface area contributed by atoms with E-state index in [-0.39, 0.29) is 23.4 Å². The molecule has 10 heteroatoms. The number of halogens is 3. The van der Waals surface area contributed by atoms with Crippen molar-refractivity contribution in [2.24, 2.45) is 7.05 Å². The fourth-order valence-electron chi connectivity index (χ4n) is 3.41. The zero-order valence-corrected chi connectivity index (χ0v) is 16.0. The van der Waals surface area contributed by atoms with Crippen molar-refractivity contribution in [2.75, 3.05) is 18.5 Å². The van der Waals surface area contributed by atoms with Crippen LogP contribution in [0.5, 0.6) is 0 Å². The van der Waals surface area contributed by atoms with Crippen molar-refractivity contribution in [2.45, 2.75) is 24.7 Å². The summed E-state index contributed by atoms with van der Waals surface area (Å²) in [5.74, 6) is 0.240. The molecule has 0 bridgehead atoms. The minimum absolute atomic E-state index is 0.190. The number of anilines is 1. The predicted octanol–water partition coefficient (Wildman–Crippen LogP) is 2.58. The molecule has 4 rings (SSSR count). The van der Waals surface area contributed by atoms with Gasteiger partial charge < -0.3 is 19.7 Å². The number of aromatic nitrogens is 3. The number of nitrogens with one attached hydrogen (secondary N) is 1. The summed E-state index contributed by atoms with van der Waals surface area (Å²) in [6, 6.07) is 4.15. The van der Waals surface area contributed by atoms with Gasteiger partial charge >= 0.3 is 6.18 Å². The van der Waals surface area contributed by atoms with Gasteiger partial charge in [-0.25, -0.2) is 9.97 Å². The lowest BCUT2D eigenvalue weighted by molar-refractivity contribution is -0.137. The average Bonchev–Trinajstić information content (AvgIpc) is 2.72. The standard InChI is InChI=1S/C20H19F3N4O3/c1-27-10-25-17-13(11-2-4-12(5-3-11)20(21,22)23)8-24-18(16(17)19(27)29)26-14-9-30-7-6-15(14)28/h2-5,8,10,14-15,28H,6-7,9H2,1H3,(H,24,26)/t14-,15-/m0/s1. The van der Waals surface area contributed by atoms with Crippen LogP contribution in [0.4, 0.5) is 19.0 Å². The van der Waals surface area contributed by atoms with Gasteiger partial charge in [-0.05, 0) is 24.1 Å². The molecular weight excluding hydrogens is 401 g/mol. The molecule has 1 saturated heterocycles. The quantitative estimate of drug-likeness (QED) is 0.677. The lowest BCUT2D eigenvalue weighted by Crippen LogP contribution is -2.42. The van der Waals surface area contributed by atoms with Gasteiger partial charge in [0.15, 0.2) is 0 Å². The molecule has 0 saturated carbocycles. The molecular formula is C20H19F3N4O3. The summed E-state index contributed by atoms with van der Waals surface area (Å²) in [4.78, 5) is 21.5. The fraction of sp³-hybridized carbons (Fsp3) is 0.350. The van der Waals surface area contributed by atoms with Crippen molar-refractivity contribution in [1.29, 1.82) is 0 Å². The van der Waals surface area contributed by atoms with Gasteiger partial charge in [-0.15, -0.1) is 0 Å². The van der Waals surface area contributed by atoms with Crippen molar-refractivity contribution in [3.63, 3.8) is 0 Å². The van der Waals surface area contributed by atoms with Crippen molar-refractivity contribution >= 4 is 16.7 Å². The molecule has 0 unspecified atom stereocenters. The molecule has 1 aliphatic rings. The summed E-state index contributed by atoms with van der Waals surface area (Å²) >= 11 is 0. The molecule has 0 radical (unpaired) electrons. The van der Waals surface area contributed by atoms with Crippen molar-refractivity contribution < 1.29 is 23.0 Å². The largest absolute Gasteiger partial charge is 0.416 e. The molecule has 3 heterocycles. The van der Waals surface area contributed by atoms with Gasteiger partial charge in [0.05, 0.1) is 36.2 Å². The SMILES string of the molecule is Cn1cnc2c(-c3ccc(C(F)(F)F)cc3)cnc(N[C@H]3COCC[C@@H]3O)c2c1=O. The molecule has 1 aliphatic heterocycles. The van der Waals surface area contributed by atoms with Gasteiger partial charge in [0, 0.05) is 25.4 Å². The van der Waals surface area contributed by atoms with Crippen LogP contribution in [0, 0.1) is 0 Å². The molecule has 0 spiro atoms. The lowest BCUT2D eigenvalue weighted by atomic mass is 10.0. The van der Waals surface area contributed by atoms with Crippen LogP contribution < -0.4 is 10.9 Å². The van der Waals surface area contributed by atoms with Crippen molar-refractivity contribution in [3.8, 4) is 11.1 Å². The fourth-order valence-corrected chi connectivity index (χ4v) is 3.41. The van der Waals surface area contributed by atoms with Gasteiger partial charge in [-0.1, -0.05) is 12.1 Å². The number of aliphatic hydroxyl groups excluding tert-OH is 1. The Hall–Kier alpha value is -2.98. The maximum absolute atomic E-state index is 12.9. The normalized spacial score (nSPS) is 19.8. The molecule has 0 aliphatic carbocycles. The van der Waals surface area contributed by atoms with E-state index < -0.39 is 23.9 Å². The second-order valence-corrected chi connectivity index (χ2v) is 7.16. The highest BCUT2D eigenvalue weighted by molar-refractivity contribution is 5.98. The van der Waals surface area contributed by atoms with Crippen LogP contribution in [-0.4, -0.2) is 45.0 Å². The molecule has 0 amide bonds. The Morgan fingerprint density at radius 2 is 1.97 bits per heavy atom. The first kappa shape index (κ1) is 20.3. The Labute approximate surface area is 169 Å². The molecule has 30 heavy (non-hydrogen) atoms. The van der Waals surface area contributed by atoms with Gasteiger partial charge in [0.25, 0.3) is 5.56 Å². The summed E-state index contributed by atoms with van der Waals surface area (Å²) in [6.45, 7) is 0.704. The second-order valence-electron chi connectivity index (χ2n) is 7.16. The van der Waals surface area contributed by atoms with E-state index in [4.69, 9.17) is 4.74 Å². The lowest BCUT2D eigenvalue weighted by Gasteiger charge is -2.29. The summed E-state index contributed by atoms with van der Waals surface area (Å²) in [6.07, 6.45) is -1.85. The number of benzene rings is 1. The van der Waals surface area contributed by atoms with E-state index in [0.29, 0.717) is 29.7 Å². The number of hydrogen-bond acceptors (Lipinski definition) is 6. The number of rotatable bonds is 3. The van der Waals surface area contributed by atoms with Gasteiger partial charge in [-0.3, -0.25) is 4.79 Å². The molecule has 2 N–H and O–H groups in total. The number of aliphatic hydroxyl groups is 1. The van der Waals surface area contributed by atoms with Crippen molar-refractivity contribution in [1.82, 2.24) is 14.5 Å². The van der Waals surface area contributed by atoms with E-state index in [1.165, 1.54) is 29.2 Å². The van der Waals surface area contributed by atoms with E-state index in [1.807, 2.05) is 0 Å². The predicted molar refractivity (Wildman–Crippen MR) is 104 cm³/mol. The average molecular weight is 420 g/mol. The van der Waals surface area contributed by atoms with Crippen LogP contribution in [0.1, 0.15) is 12.0 Å². The van der Waals surface area contributed by atoms with Crippen molar-refractivity contribution in [3.05, 3.63) is 52.7 Å². The molecule has 2 atom stereocenters. The number of aryl methyl sites for hydroxylation is 1. The first-order valence-electron chi connectivity index (χ1n) is 9.30. The number of alkyl halides is 3. The summed E-state index contributed by atoms with van der Waals surface area (Å²) in [7, 11) is 1.54. The Balaban J connectivity index is 1.81. The smallest absolute Gasteiger partial charge is 0.391 e. The second kappa shape index (κ2) is 7.69. The van der Waals surface area contributed by atoms with Crippen LogP contribution in [0.2, 0.25) is 0 Å². The molecule has 3 aromatic rings. The Bertz CT molecular complexity index is 1130. The molecule has 158 valence electrons. The summed E-state index contributed by atoms with van der Waals surface area (Å²) < 4.78 is 45.3. The van der Waals surface area contributed by atoms with E-state index >= 15 is 0 Å². The molecule has 1 aromatic carbocycles. The van der Waals surface area contributed by atoms with E-state index in [0.717, 1.165) is 12.1 Å². The zero-order valence-electron chi connectivity index (χ0n) is 16.0. The molecule has 7 nitrogen and oxygen atoms in total. The van der Waals surface area contributed by atoms with Crippen LogP contribution in [0.3, 0.4) is 0 Å². The maximum Gasteiger partial charge on any atom is 0.416 e. The van der Waals surface area contributed by atoms with E-state index in [2.05, 4.69) is 15.3 Å². The van der Waals surface area contributed by atoms with E-state index in [9.17, 15) is 23.1 Å². The molecule has 1 fully saturated rings. The Kier molecular flexibility index (Phi) is 5.20. The Morgan fingerprint density at radius 3 is 2.63 bits per heavy atom. The number of ether oxygens (including phenoxy) is 1. The number of hydrogen-bond donors (Lipinski definition) is 2. The first-order valence-corrected chi connectivity index (χ1v) is 9.30. The number of fused-ring (bicyclic) bond motifs is 1. The zero-order chi connectivity index (χ0) is 21.5.